The summed E-state index contributed by atoms with van der Waals surface area (Å²) in [5.41, 5.74) is -6.81. The molecule has 2 amide bonds. The highest BCUT2D eigenvalue weighted by molar-refractivity contribution is 6.09. The molecule has 182 valence electrons. The highest BCUT2D eigenvalue weighted by Gasteiger charge is 2.68. The summed E-state index contributed by atoms with van der Waals surface area (Å²) >= 11 is 0. The Bertz CT molecular complexity index is 1440. The lowest BCUT2D eigenvalue weighted by Gasteiger charge is -2.30. The molecule has 0 radical (unpaired) electrons. The number of aromatic nitrogens is 2. The summed E-state index contributed by atoms with van der Waals surface area (Å²) in [6.45, 7) is 5.79. The average molecular weight is 486 g/mol. The second kappa shape index (κ2) is 7.97. The molecule has 1 aliphatic rings. The van der Waals surface area contributed by atoms with E-state index in [0.29, 0.717) is 0 Å². The van der Waals surface area contributed by atoms with Gasteiger partial charge in [0, 0.05) is 5.56 Å². The molecule has 0 bridgehead atoms. The number of H-pyrrole nitrogens is 1. The number of hydrogen-bond donors (Lipinski definition) is 3. The minimum absolute atomic E-state index is 0.104. The fourth-order valence-corrected chi connectivity index (χ4v) is 3.97. The number of rotatable bonds is 3. The summed E-state index contributed by atoms with van der Waals surface area (Å²) in [5, 5.41) is 3.74. The Kier molecular flexibility index (Phi) is 5.46. The lowest BCUT2D eigenvalue weighted by Crippen LogP contribution is -2.62. The van der Waals surface area contributed by atoms with Crippen molar-refractivity contribution < 1.29 is 22.8 Å². The number of amides is 2. The topological polar surface area (TPSA) is 113 Å². The molecule has 0 aliphatic carbocycles. The number of hydrogen-bond acceptors (Lipinski definition) is 4. The number of para-hydroxylation sites is 1. The minimum Gasteiger partial charge on any atom is -0.326 e. The molecule has 3 aromatic rings. The predicted octanol–water partition coefficient (Wildman–Crippen LogP) is 2.96. The molecule has 35 heavy (non-hydrogen) atoms. The number of halogens is 3. The van der Waals surface area contributed by atoms with Gasteiger partial charge in [0.15, 0.2) is 0 Å². The van der Waals surface area contributed by atoms with Crippen molar-refractivity contribution in [1.29, 1.82) is 0 Å². The zero-order valence-corrected chi connectivity index (χ0v) is 18.9. The van der Waals surface area contributed by atoms with Crippen LogP contribution in [-0.4, -0.2) is 27.5 Å². The van der Waals surface area contributed by atoms with Crippen molar-refractivity contribution in [2.45, 2.75) is 37.9 Å². The Morgan fingerprint density at radius 2 is 1.54 bits per heavy atom. The van der Waals surface area contributed by atoms with Crippen LogP contribution in [0.2, 0.25) is 0 Å². The van der Waals surface area contributed by atoms with Gasteiger partial charge in [-0.05, 0) is 35.2 Å². The van der Waals surface area contributed by atoms with Crippen LogP contribution in [-0.2, 0) is 15.7 Å². The van der Waals surface area contributed by atoms with E-state index in [1.807, 2.05) is 31.1 Å². The van der Waals surface area contributed by atoms with Gasteiger partial charge in [-0.25, -0.2) is 9.36 Å². The SMILES string of the molecule is CC(C)(C)c1ccc(C(=O)NC2(C(F)(F)F)C(=O)Nc3c2c(=O)[nH]c(=O)n3-c2ccccc2)cc1. The first-order valence-corrected chi connectivity index (χ1v) is 10.5. The van der Waals surface area contributed by atoms with Crippen LogP contribution >= 0.6 is 0 Å². The molecule has 0 saturated carbocycles. The van der Waals surface area contributed by atoms with Crippen LogP contribution < -0.4 is 21.9 Å². The first-order valence-electron chi connectivity index (χ1n) is 10.5. The van der Waals surface area contributed by atoms with Crippen molar-refractivity contribution in [3.63, 3.8) is 0 Å². The number of benzene rings is 2. The predicted molar refractivity (Wildman–Crippen MR) is 122 cm³/mol. The normalized spacial score (nSPS) is 17.6. The average Bonchev–Trinajstić information content (AvgIpc) is 3.07. The minimum atomic E-state index is -5.42. The van der Waals surface area contributed by atoms with Crippen LogP contribution in [0.4, 0.5) is 19.0 Å². The lowest BCUT2D eigenvalue weighted by molar-refractivity contribution is -0.196. The number of fused-ring (bicyclic) bond motifs is 1. The molecule has 0 spiro atoms. The summed E-state index contributed by atoms with van der Waals surface area (Å²) < 4.78 is 44.4. The van der Waals surface area contributed by atoms with Gasteiger partial charge in [0.05, 0.1) is 5.69 Å². The van der Waals surface area contributed by atoms with E-state index in [9.17, 15) is 32.3 Å². The molecule has 2 heterocycles. The maximum Gasteiger partial charge on any atom is 0.425 e. The molecular weight excluding hydrogens is 465 g/mol. The van der Waals surface area contributed by atoms with Gasteiger partial charge < -0.3 is 10.6 Å². The van der Waals surface area contributed by atoms with Crippen LogP contribution in [0, 0.1) is 0 Å². The van der Waals surface area contributed by atoms with E-state index >= 15 is 0 Å². The first-order chi connectivity index (χ1) is 16.3. The largest absolute Gasteiger partial charge is 0.425 e. The molecule has 4 rings (SSSR count). The monoisotopic (exact) mass is 486 g/mol. The van der Waals surface area contributed by atoms with Gasteiger partial charge in [-0.15, -0.1) is 0 Å². The van der Waals surface area contributed by atoms with Crippen LogP contribution in [0.3, 0.4) is 0 Å². The number of alkyl halides is 3. The second-order valence-electron chi connectivity index (χ2n) is 9.14. The van der Waals surface area contributed by atoms with Crippen molar-refractivity contribution >= 4 is 17.6 Å². The van der Waals surface area contributed by atoms with E-state index in [1.54, 1.807) is 23.5 Å². The van der Waals surface area contributed by atoms with Crippen LogP contribution in [0.1, 0.15) is 42.3 Å². The number of anilines is 1. The Hall–Kier alpha value is -4.15. The van der Waals surface area contributed by atoms with Crippen LogP contribution in [0.25, 0.3) is 5.69 Å². The maximum atomic E-state index is 14.5. The summed E-state index contributed by atoms with van der Waals surface area (Å²) in [6, 6.07) is 13.3. The number of aromatic amines is 1. The third-order valence-corrected chi connectivity index (χ3v) is 5.81. The molecule has 0 saturated heterocycles. The summed E-state index contributed by atoms with van der Waals surface area (Å²) in [7, 11) is 0. The van der Waals surface area contributed by atoms with Gasteiger partial charge in [0.2, 0.25) is 0 Å². The van der Waals surface area contributed by atoms with Gasteiger partial charge in [-0.2, -0.15) is 13.2 Å². The smallest absolute Gasteiger partial charge is 0.326 e. The molecule has 1 atom stereocenters. The van der Waals surface area contributed by atoms with Crippen molar-refractivity contribution in [2.75, 3.05) is 5.32 Å². The fourth-order valence-electron chi connectivity index (χ4n) is 3.97. The molecule has 0 fully saturated rings. The van der Waals surface area contributed by atoms with Gasteiger partial charge >= 0.3 is 11.9 Å². The lowest BCUT2D eigenvalue weighted by atomic mass is 9.86. The summed E-state index contributed by atoms with van der Waals surface area (Å²) in [5.74, 6) is -3.60. The molecule has 3 N–H and O–H groups in total. The third-order valence-electron chi connectivity index (χ3n) is 5.81. The highest BCUT2D eigenvalue weighted by atomic mass is 19.4. The Balaban J connectivity index is 1.89. The van der Waals surface area contributed by atoms with Gasteiger partial charge in [-0.3, -0.25) is 19.4 Å². The van der Waals surface area contributed by atoms with Crippen molar-refractivity contribution in [2.24, 2.45) is 0 Å². The molecule has 1 unspecified atom stereocenters. The fraction of sp³-hybridized carbons (Fsp3) is 0.250. The van der Waals surface area contributed by atoms with Gasteiger partial charge in [-0.1, -0.05) is 51.1 Å². The van der Waals surface area contributed by atoms with Gasteiger partial charge in [0.1, 0.15) is 11.4 Å². The molecule has 1 aliphatic heterocycles. The molecule has 2 aromatic carbocycles. The summed E-state index contributed by atoms with van der Waals surface area (Å²) in [6.07, 6.45) is -5.42. The standard InChI is InChI=1S/C24H21F3N4O4/c1-22(2,3)14-11-9-13(10-12-14)18(32)30-23(24(25,26)27)16-17(28-20(23)34)31(21(35)29-19(16)33)15-7-5-4-6-8-15/h4-12H,1-3H3,(H,28,34)(H,30,32)(H,29,33,35). The molecule has 11 heteroatoms. The van der Waals surface area contributed by atoms with Gasteiger partial charge in [0.25, 0.3) is 22.9 Å². The summed E-state index contributed by atoms with van der Waals surface area (Å²) in [4.78, 5) is 52.8. The van der Waals surface area contributed by atoms with E-state index in [0.717, 1.165) is 10.1 Å². The van der Waals surface area contributed by atoms with E-state index in [-0.39, 0.29) is 16.7 Å². The van der Waals surface area contributed by atoms with Crippen LogP contribution in [0.15, 0.2) is 64.2 Å². The van der Waals surface area contributed by atoms with Crippen molar-refractivity contribution in [3.8, 4) is 5.69 Å². The Labute approximate surface area is 196 Å². The first kappa shape index (κ1) is 24.0. The van der Waals surface area contributed by atoms with E-state index in [1.165, 1.54) is 36.4 Å². The van der Waals surface area contributed by atoms with Crippen molar-refractivity contribution in [3.05, 3.63) is 92.1 Å². The quantitative estimate of drug-likeness (QED) is 0.528. The molecule has 8 nitrogen and oxygen atoms in total. The zero-order valence-electron chi connectivity index (χ0n) is 18.9. The van der Waals surface area contributed by atoms with Crippen molar-refractivity contribution in [1.82, 2.24) is 14.9 Å². The van der Waals surface area contributed by atoms with E-state index in [4.69, 9.17) is 0 Å². The zero-order chi connectivity index (χ0) is 25.8. The number of nitrogens with zero attached hydrogens (tertiary/aromatic N) is 1. The van der Waals surface area contributed by atoms with Crippen LogP contribution in [0.5, 0.6) is 0 Å². The third kappa shape index (κ3) is 3.82. The number of carbonyl (C=O) groups excluding carboxylic acids is 2. The second-order valence-corrected chi connectivity index (χ2v) is 9.14. The van der Waals surface area contributed by atoms with E-state index < -0.39 is 46.2 Å². The molecule has 1 aromatic heterocycles. The molecular formula is C24H21F3N4O4. The Morgan fingerprint density at radius 1 is 0.943 bits per heavy atom. The number of nitrogens with one attached hydrogen (secondary N) is 3. The highest BCUT2D eigenvalue weighted by Crippen LogP contribution is 2.45. The maximum absolute atomic E-state index is 14.5. The number of carbonyl (C=O) groups is 2. The van der Waals surface area contributed by atoms with E-state index in [2.05, 4.69) is 0 Å². The Morgan fingerprint density at radius 3 is 2.09 bits per heavy atom.